The van der Waals surface area contributed by atoms with E-state index in [-0.39, 0.29) is 17.7 Å². The number of halogens is 1. The molecule has 7 heteroatoms. The molecule has 1 aromatic heterocycles. The monoisotopic (exact) mass is 560 g/mol. The molecule has 1 saturated carbocycles. The Hall–Kier alpha value is -3.58. The van der Waals surface area contributed by atoms with Crippen LogP contribution in [-0.4, -0.2) is 25.0 Å². The molecule has 4 aromatic rings. The average molecular weight is 561 g/mol. The summed E-state index contributed by atoms with van der Waals surface area (Å²) < 4.78 is 12.1. The Bertz CT molecular complexity index is 1400. The molecule has 2 amide bonds. The van der Waals surface area contributed by atoms with Crippen molar-refractivity contribution in [1.29, 1.82) is 0 Å². The summed E-state index contributed by atoms with van der Waals surface area (Å²) in [5.41, 5.74) is 1.84. The Kier molecular flexibility index (Phi) is 7.60. The Morgan fingerprint density at radius 1 is 0.973 bits per heavy atom. The first-order chi connectivity index (χ1) is 18.0. The molecule has 1 atom stereocenters. The number of furan rings is 1. The number of hydrogen-bond donors (Lipinski definition) is 1. The van der Waals surface area contributed by atoms with Crippen molar-refractivity contribution in [3.8, 4) is 5.75 Å². The summed E-state index contributed by atoms with van der Waals surface area (Å²) in [6.07, 6.45) is 5.26. The van der Waals surface area contributed by atoms with Crippen molar-refractivity contribution in [3.63, 3.8) is 0 Å². The predicted octanol–water partition coefficient (Wildman–Crippen LogP) is 7.04. The Morgan fingerprint density at radius 3 is 2.43 bits per heavy atom. The molecule has 3 aromatic carbocycles. The van der Waals surface area contributed by atoms with Gasteiger partial charge in [0.1, 0.15) is 17.4 Å². The molecule has 6 nitrogen and oxygen atoms in total. The number of benzene rings is 3. The molecule has 0 radical (unpaired) electrons. The molecule has 0 aliphatic heterocycles. The summed E-state index contributed by atoms with van der Waals surface area (Å²) in [6.45, 7) is 0. The zero-order valence-corrected chi connectivity index (χ0v) is 22.2. The van der Waals surface area contributed by atoms with Gasteiger partial charge in [-0.25, -0.2) is 0 Å². The lowest BCUT2D eigenvalue weighted by molar-refractivity contribution is -0.123. The molecule has 1 fully saturated rings. The van der Waals surface area contributed by atoms with Crippen LogP contribution in [0, 0.1) is 0 Å². The number of amides is 2. The smallest absolute Gasteiger partial charge is 0.295 e. The standard InChI is InChI=1S/C30H29BrN2O4/c1-36-23-17-16-20-18-27(37-26(20)19-23)30(35)33(22-12-6-3-7-13-22)28(24-14-8-9-15-25(24)31)29(34)32-21-10-4-2-5-11-21/h3,6-9,12-19,21,28H,2,4-5,10-11H2,1H3,(H,32,34). The number of anilines is 1. The fourth-order valence-electron chi connectivity index (χ4n) is 4.96. The van der Waals surface area contributed by atoms with Gasteiger partial charge in [-0.15, -0.1) is 0 Å². The first kappa shape index (κ1) is 25.1. The molecule has 0 saturated heterocycles. The van der Waals surface area contributed by atoms with E-state index in [1.165, 1.54) is 11.3 Å². The van der Waals surface area contributed by atoms with Gasteiger partial charge in [-0.2, -0.15) is 0 Å². The van der Waals surface area contributed by atoms with E-state index in [1.807, 2.05) is 66.7 Å². The van der Waals surface area contributed by atoms with E-state index in [1.54, 1.807) is 19.2 Å². The zero-order valence-electron chi connectivity index (χ0n) is 20.7. The minimum atomic E-state index is -0.907. The lowest BCUT2D eigenvalue weighted by Gasteiger charge is -2.33. The van der Waals surface area contributed by atoms with Crippen LogP contribution >= 0.6 is 15.9 Å². The molecule has 1 aliphatic rings. The van der Waals surface area contributed by atoms with Gasteiger partial charge < -0.3 is 14.5 Å². The van der Waals surface area contributed by atoms with Gasteiger partial charge in [0.2, 0.25) is 5.91 Å². The van der Waals surface area contributed by atoms with E-state index in [2.05, 4.69) is 21.2 Å². The molecule has 1 N–H and O–H groups in total. The third-order valence-corrected chi connectivity index (χ3v) is 7.57. The van der Waals surface area contributed by atoms with Gasteiger partial charge in [0, 0.05) is 27.7 Å². The maximum atomic E-state index is 14.2. The lowest BCUT2D eigenvalue weighted by atomic mass is 9.94. The molecular formula is C30H29BrN2O4. The number of hydrogen-bond acceptors (Lipinski definition) is 4. The summed E-state index contributed by atoms with van der Waals surface area (Å²) in [5, 5.41) is 4.02. The number of fused-ring (bicyclic) bond motifs is 1. The van der Waals surface area contributed by atoms with Crippen LogP contribution in [0.3, 0.4) is 0 Å². The third-order valence-electron chi connectivity index (χ3n) is 6.85. The molecule has 1 heterocycles. The third kappa shape index (κ3) is 5.42. The van der Waals surface area contributed by atoms with Gasteiger partial charge in [-0.3, -0.25) is 14.5 Å². The summed E-state index contributed by atoms with van der Waals surface area (Å²) in [7, 11) is 1.58. The molecule has 0 bridgehead atoms. The summed E-state index contributed by atoms with van der Waals surface area (Å²) in [6, 6.07) is 23.1. The second-order valence-corrected chi connectivity index (χ2v) is 10.1. The molecule has 190 valence electrons. The van der Waals surface area contributed by atoms with E-state index in [9.17, 15) is 9.59 Å². The Balaban J connectivity index is 1.60. The fraction of sp³-hybridized carbons (Fsp3) is 0.267. The van der Waals surface area contributed by atoms with Crippen molar-refractivity contribution < 1.29 is 18.7 Å². The summed E-state index contributed by atoms with van der Waals surface area (Å²) in [5.74, 6) is 0.169. The van der Waals surface area contributed by atoms with Crippen LogP contribution in [0.2, 0.25) is 0 Å². The van der Waals surface area contributed by atoms with Crippen LogP contribution in [0.1, 0.15) is 54.3 Å². The van der Waals surface area contributed by atoms with E-state index in [4.69, 9.17) is 9.15 Å². The summed E-state index contributed by atoms with van der Waals surface area (Å²) >= 11 is 3.63. The molecule has 0 spiro atoms. The number of nitrogens with zero attached hydrogens (tertiary/aromatic N) is 1. The van der Waals surface area contributed by atoms with Crippen molar-refractivity contribution in [3.05, 3.63) is 94.7 Å². The SMILES string of the molecule is COc1ccc2cc(C(=O)N(c3ccccc3)C(C(=O)NC3CCCCC3)c3ccccc3Br)oc2c1. The van der Waals surface area contributed by atoms with Gasteiger partial charge in [-0.1, -0.05) is 71.6 Å². The van der Waals surface area contributed by atoms with Gasteiger partial charge in [0.15, 0.2) is 5.76 Å². The van der Waals surface area contributed by atoms with E-state index < -0.39 is 11.9 Å². The molecule has 1 aliphatic carbocycles. The van der Waals surface area contributed by atoms with E-state index in [0.717, 1.165) is 35.5 Å². The molecule has 37 heavy (non-hydrogen) atoms. The number of methoxy groups -OCH3 is 1. The van der Waals surface area contributed by atoms with Crippen LogP contribution in [0.15, 0.2) is 87.8 Å². The normalized spacial score (nSPS) is 14.8. The first-order valence-electron chi connectivity index (χ1n) is 12.6. The van der Waals surface area contributed by atoms with Crippen molar-refractivity contribution in [2.24, 2.45) is 0 Å². The largest absolute Gasteiger partial charge is 0.497 e. The van der Waals surface area contributed by atoms with Crippen LogP contribution in [-0.2, 0) is 4.79 Å². The second kappa shape index (κ2) is 11.2. The van der Waals surface area contributed by atoms with Crippen molar-refractivity contribution in [2.75, 3.05) is 12.0 Å². The number of ether oxygens (including phenoxy) is 1. The minimum absolute atomic E-state index is 0.0950. The maximum Gasteiger partial charge on any atom is 0.295 e. The van der Waals surface area contributed by atoms with Crippen molar-refractivity contribution in [2.45, 2.75) is 44.2 Å². The number of para-hydroxylation sites is 1. The fourth-order valence-corrected chi connectivity index (χ4v) is 5.46. The maximum absolute atomic E-state index is 14.2. The van der Waals surface area contributed by atoms with Gasteiger partial charge in [0.05, 0.1) is 7.11 Å². The summed E-state index contributed by atoms with van der Waals surface area (Å²) in [4.78, 5) is 29.7. The molecule has 1 unspecified atom stereocenters. The van der Waals surface area contributed by atoms with Gasteiger partial charge in [0.25, 0.3) is 5.91 Å². The number of carbonyl (C=O) groups excluding carboxylic acids is 2. The van der Waals surface area contributed by atoms with E-state index >= 15 is 0 Å². The topological polar surface area (TPSA) is 71.8 Å². The lowest BCUT2D eigenvalue weighted by Crippen LogP contribution is -2.47. The van der Waals surface area contributed by atoms with Crippen LogP contribution < -0.4 is 15.0 Å². The zero-order chi connectivity index (χ0) is 25.8. The Labute approximate surface area is 224 Å². The highest BCUT2D eigenvalue weighted by Gasteiger charge is 2.36. The van der Waals surface area contributed by atoms with E-state index in [0.29, 0.717) is 22.6 Å². The Morgan fingerprint density at radius 2 is 1.70 bits per heavy atom. The predicted molar refractivity (Wildman–Crippen MR) is 148 cm³/mol. The molecular weight excluding hydrogens is 532 g/mol. The highest BCUT2D eigenvalue weighted by Crippen LogP contribution is 2.35. The number of nitrogens with one attached hydrogen (secondary N) is 1. The quantitative estimate of drug-likeness (QED) is 0.263. The number of rotatable bonds is 7. The second-order valence-electron chi connectivity index (χ2n) is 9.29. The van der Waals surface area contributed by atoms with Crippen LogP contribution in [0.5, 0.6) is 5.75 Å². The van der Waals surface area contributed by atoms with Crippen LogP contribution in [0.4, 0.5) is 5.69 Å². The average Bonchev–Trinajstić information content (AvgIpc) is 3.36. The van der Waals surface area contributed by atoms with Gasteiger partial charge >= 0.3 is 0 Å². The van der Waals surface area contributed by atoms with Crippen LogP contribution in [0.25, 0.3) is 11.0 Å². The highest BCUT2D eigenvalue weighted by atomic mass is 79.9. The molecule has 5 rings (SSSR count). The first-order valence-corrected chi connectivity index (χ1v) is 13.4. The van der Waals surface area contributed by atoms with Crippen molar-refractivity contribution >= 4 is 44.4 Å². The van der Waals surface area contributed by atoms with Gasteiger partial charge in [-0.05, 0) is 54.8 Å². The number of carbonyl (C=O) groups is 2. The highest BCUT2D eigenvalue weighted by molar-refractivity contribution is 9.10. The van der Waals surface area contributed by atoms with Crippen molar-refractivity contribution in [1.82, 2.24) is 5.32 Å². The minimum Gasteiger partial charge on any atom is -0.497 e.